The molecule has 3 nitrogen and oxygen atoms in total. The summed E-state index contributed by atoms with van der Waals surface area (Å²) in [6, 6.07) is 12.7. The second-order valence-corrected chi connectivity index (χ2v) is 8.41. The van der Waals surface area contributed by atoms with Gasteiger partial charge in [-0.1, -0.05) is 30.3 Å². The highest BCUT2D eigenvalue weighted by Crippen LogP contribution is 2.36. The van der Waals surface area contributed by atoms with E-state index in [0.29, 0.717) is 0 Å². The average molecular weight is 421 g/mol. The molecule has 0 spiro atoms. The Kier molecular flexibility index (Phi) is 5.10. The molecule has 1 saturated heterocycles. The van der Waals surface area contributed by atoms with Crippen molar-refractivity contribution >= 4 is 38.6 Å². The fraction of sp³-hybridized carbons (Fsp3) is 0.278. The lowest BCUT2D eigenvalue weighted by Crippen LogP contribution is -2.37. The van der Waals surface area contributed by atoms with Gasteiger partial charge in [-0.05, 0) is 32.9 Å². The molecule has 0 aliphatic carbocycles. The second kappa shape index (κ2) is 7.45. The lowest BCUT2D eigenvalue weighted by atomic mass is 10.2. The number of hydrogen-bond donors (Lipinski definition) is 0. The fourth-order valence-electron chi connectivity index (χ4n) is 2.85. The molecule has 1 aliphatic rings. The molecule has 1 aromatic carbocycles. The molecule has 1 unspecified atom stereocenters. The van der Waals surface area contributed by atoms with Gasteiger partial charge in [0.25, 0.3) is 0 Å². The van der Waals surface area contributed by atoms with E-state index in [2.05, 4.69) is 68.0 Å². The third kappa shape index (κ3) is 3.63. The number of rotatable bonds is 4. The number of aromatic nitrogens is 1. The number of halogens is 1. The molecule has 0 amide bonds. The standard InChI is InChI=1S/C18H17BrN2OS2/c19-14-6-9-23-17(14)15-12-24-18(20-15)16-11-21(7-8-22-16)10-13-4-2-1-3-5-13/h1-6,9,12,16H,7-8,10-11H2. The summed E-state index contributed by atoms with van der Waals surface area (Å²) in [5, 5.41) is 5.28. The quantitative estimate of drug-likeness (QED) is 0.579. The lowest BCUT2D eigenvalue weighted by Gasteiger charge is -2.31. The number of benzene rings is 1. The van der Waals surface area contributed by atoms with Crippen molar-refractivity contribution in [1.82, 2.24) is 9.88 Å². The van der Waals surface area contributed by atoms with E-state index in [9.17, 15) is 0 Å². The van der Waals surface area contributed by atoms with Gasteiger partial charge in [-0.25, -0.2) is 4.98 Å². The van der Waals surface area contributed by atoms with Crippen molar-refractivity contribution in [3.05, 3.63) is 62.2 Å². The van der Waals surface area contributed by atoms with Crippen LogP contribution in [0, 0.1) is 0 Å². The Morgan fingerprint density at radius 3 is 2.88 bits per heavy atom. The lowest BCUT2D eigenvalue weighted by molar-refractivity contribution is -0.0329. The zero-order valence-electron chi connectivity index (χ0n) is 13.0. The van der Waals surface area contributed by atoms with Crippen LogP contribution in [0.5, 0.6) is 0 Å². The van der Waals surface area contributed by atoms with Crippen LogP contribution < -0.4 is 0 Å². The normalized spacial score (nSPS) is 18.8. The summed E-state index contributed by atoms with van der Waals surface area (Å²) >= 11 is 7.00. The summed E-state index contributed by atoms with van der Waals surface area (Å²) in [7, 11) is 0. The first-order chi connectivity index (χ1) is 11.8. The summed E-state index contributed by atoms with van der Waals surface area (Å²) in [4.78, 5) is 8.47. The van der Waals surface area contributed by atoms with Crippen molar-refractivity contribution in [1.29, 1.82) is 0 Å². The van der Waals surface area contributed by atoms with E-state index in [0.717, 1.165) is 41.4 Å². The molecular weight excluding hydrogens is 404 g/mol. The average Bonchev–Trinajstić information content (AvgIpc) is 3.25. The third-order valence-electron chi connectivity index (χ3n) is 4.05. The van der Waals surface area contributed by atoms with Crippen molar-refractivity contribution in [3.63, 3.8) is 0 Å². The SMILES string of the molecule is Brc1ccsc1-c1csc(C2CN(Cc3ccccc3)CCO2)n1. The van der Waals surface area contributed by atoms with E-state index >= 15 is 0 Å². The molecule has 6 heteroatoms. The molecule has 1 aliphatic heterocycles. The Morgan fingerprint density at radius 2 is 2.08 bits per heavy atom. The number of nitrogens with zero attached hydrogens (tertiary/aromatic N) is 2. The largest absolute Gasteiger partial charge is 0.368 e. The van der Waals surface area contributed by atoms with Gasteiger partial charge in [0.15, 0.2) is 0 Å². The van der Waals surface area contributed by atoms with Crippen LogP contribution in [0.2, 0.25) is 0 Å². The molecule has 3 aromatic rings. The monoisotopic (exact) mass is 420 g/mol. The van der Waals surface area contributed by atoms with Gasteiger partial charge in [0, 0.05) is 29.5 Å². The molecule has 0 N–H and O–H groups in total. The van der Waals surface area contributed by atoms with Crippen LogP contribution in [0.15, 0.2) is 51.6 Å². The predicted octanol–water partition coefficient (Wildman–Crippen LogP) is 5.21. The van der Waals surface area contributed by atoms with Gasteiger partial charge in [0.05, 0.1) is 17.2 Å². The van der Waals surface area contributed by atoms with Crippen LogP contribution >= 0.6 is 38.6 Å². The van der Waals surface area contributed by atoms with Crippen LogP contribution in [0.25, 0.3) is 10.6 Å². The third-order valence-corrected chi connectivity index (χ3v) is 6.84. The van der Waals surface area contributed by atoms with E-state index in [1.807, 2.05) is 0 Å². The molecule has 1 fully saturated rings. The highest BCUT2D eigenvalue weighted by atomic mass is 79.9. The molecule has 0 radical (unpaired) electrons. The van der Waals surface area contributed by atoms with Crippen molar-refractivity contribution in [3.8, 4) is 10.6 Å². The zero-order valence-corrected chi connectivity index (χ0v) is 16.2. The maximum Gasteiger partial charge on any atom is 0.124 e. The Balaban J connectivity index is 1.46. The van der Waals surface area contributed by atoms with Crippen LogP contribution in [0.3, 0.4) is 0 Å². The van der Waals surface area contributed by atoms with Gasteiger partial charge in [0.2, 0.25) is 0 Å². The van der Waals surface area contributed by atoms with Crippen LogP contribution in [-0.4, -0.2) is 29.6 Å². The van der Waals surface area contributed by atoms with Crippen LogP contribution in [0.1, 0.15) is 16.7 Å². The van der Waals surface area contributed by atoms with E-state index in [1.165, 1.54) is 10.4 Å². The molecule has 1 atom stereocenters. The predicted molar refractivity (Wildman–Crippen MR) is 104 cm³/mol. The molecule has 3 heterocycles. The number of thiazole rings is 1. The van der Waals surface area contributed by atoms with Gasteiger partial charge < -0.3 is 4.74 Å². The minimum absolute atomic E-state index is 0.0694. The molecule has 0 saturated carbocycles. The van der Waals surface area contributed by atoms with Crippen molar-refractivity contribution in [2.75, 3.05) is 19.7 Å². The van der Waals surface area contributed by atoms with E-state index in [1.54, 1.807) is 22.7 Å². The maximum atomic E-state index is 5.99. The zero-order chi connectivity index (χ0) is 16.4. The molecular formula is C18H17BrN2OS2. The highest BCUT2D eigenvalue weighted by molar-refractivity contribution is 9.10. The Hall–Kier alpha value is -1.05. The van der Waals surface area contributed by atoms with Crippen LogP contribution in [0.4, 0.5) is 0 Å². The highest BCUT2D eigenvalue weighted by Gasteiger charge is 2.25. The van der Waals surface area contributed by atoms with E-state index in [4.69, 9.17) is 9.72 Å². The number of ether oxygens (including phenoxy) is 1. The first-order valence-electron chi connectivity index (χ1n) is 7.86. The van der Waals surface area contributed by atoms with Crippen molar-refractivity contribution < 1.29 is 4.74 Å². The maximum absolute atomic E-state index is 5.99. The summed E-state index contributed by atoms with van der Waals surface area (Å²) in [5.41, 5.74) is 2.39. The number of thiophene rings is 1. The van der Waals surface area contributed by atoms with Gasteiger partial charge in [0.1, 0.15) is 11.1 Å². The number of hydrogen-bond acceptors (Lipinski definition) is 5. The molecule has 4 rings (SSSR count). The van der Waals surface area contributed by atoms with Crippen molar-refractivity contribution in [2.24, 2.45) is 0 Å². The van der Waals surface area contributed by atoms with Crippen molar-refractivity contribution in [2.45, 2.75) is 12.6 Å². The topological polar surface area (TPSA) is 25.4 Å². The fourth-order valence-corrected chi connectivity index (χ4v) is 5.31. The molecule has 24 heavy (non-hydrogen) atoms. The molecule has 124 valence electrons. The molecule has 0 bridgehead atoms. The summed E-state index contributed by atoms with van der Waals surface area (Å²) in [6.45, 7) is 3.60. The Labute approximate surface area is 158 Å². The first kappa shape index (κ1) is 16.4. The summed E-state index contributed by atoms with van der Waals surface area (Å²) in [5.74, 6) is 0. The number of morpholine rings is 1. The van der Waals surface area contributed by atoms with E-state index < -0.39 is 0 Å². The minimum atomic E-state index is 0.0694. The second-order valence-electron chi connectivity index (χ2n) is 5.75. The first-order valence-corrected chi connectivity index (χ1v) is 10.4. The Morgan fingerprint density at radius 1 is 1.21 bits per heavy atom. The molecule has 2 aromatic heterocycles. The van der Waals surface area contributed by atoms with Crippen LogP contribution in [-0.2, 0) is 11.3 Å². The smallest absolute Gasteiger partial charge is 0.124 e. The van der Waals surface area contributed by atoms with E-state index in [-0.39, 0.29) is 6.10 Å². The minimum Gasteiger partial charge on any atom is -0.368 e. The van der Waals surface area contributed by atoms with Gasteiger partial charge in [-0.2, -0.15) is 0 Å². The summed E-state index contributed by atoms with van der Waals surface area (Å²) < 4.78 is 7.10. The van der Waals surface area contributed by atoms with Gasteiger partial charge >= 0.3 is 0 Å². The Bertz CT molecular complexity index is 802. The summed E-state index contributed by atoms with van der Waals surface area (Å²) in [6.07, 6.45) is 0.0694. The van der Waals surface area contributed by atoms with Gasteiger partial charge in [-0.3, -0.25) is 4.90 Å². The van der Waals surface area contributed by atoms with Gasteiger partial charge in [-0.15, -0.1) is 22.7 Å².